The van der Waals surface area contributed by atoms with E-state index in [1.165, 1.54) is 7.11 Å². The maximum Gasteiger partial charge on any atom is 0.321 e. The number of amides is 1. The van der Waals surface area contributed by atoms with Gasteiger partial charge in [-0.25, -0.2) is 13.1 Å². The number of likely N-dealkylation sites (tertiary alicyclic amines) is 1. The third-order valence-corrected chi connectivity index (χ3v) is 6.28. The van der Waals surface area contributed by atoms with Gasteiger partial charge in [-0.1, -0.05) is 30.3 Å². The zero-order chi connectivity index (χ0) is 20.6. The number of benzene rings is 1. The molecule has 1 aromatic carbocycles. The Morgan fingerprint density at radius 2 is 1.89 bits per heavy atom. The lowest BCUT2D eigenvalue weighted by Gasteiger charge is -2.32. The molecule has 2 rings (SSSR count). The van der Waals surface area contributed by atoms with Gasteiger partial charge in [-0.3, -0.25) is 9.59 Å². The van der Waals surface area contributed by atoms with E-state index in [0.717, 1.165) is 12.8 Å². The van der Waals surface area contributed by atoms with Crippen molar-refractivity contribution < 1.29 is 27.9 Å². The number of sulfonamides is 1. The molecule has 1 aromatic rings. The number of piperidine rings is 1. The number of methoxy groups -OCH3 is 1. The molecule has 1 heterocycles. The second kappa shape index (κ2) is 10.5. The standard InChI is InChI=1S/C19H28N2O6S/c1-27-13-18(22)21-11-9-15(10-12-21)7-8-17(19(23)24)20-28(25,26)14-16-5-3-2-4-6-16/h2-6,15,17,20H,7-14H2,1H3,(H,23,24). The molecule has 0 bridgehead atoms. The van der Waals surface area contributed by atoms with Crippen LogP contribution in [0.1, 0.15) is 31.2 Å². The lowest BCUT2D eigenvalue weighted by atomic mass is 9.90. The van der Waals surface area contributed by atoms with Crippen LogP contribution in [0.5, 0.6) is 0 Å². The van der Waals surface area contributed by atoms with Gasteiger partial charge < -0.3 is 14.7 Å². The van der Waals surface area contributed by atoms with Crippen molar-refractivity contribution >= 4 is 21.9 Å². The molecule has 8 nitrogen and oxygen atoms in total. The topological polar surface area (TPSA) is 113 Å². The molecule has 1 amide bonds. The second-order valence-electron chi connectivity index (χ2n) is 7.09. The van der Waals surface area contributed by atoms with E-state index in [1.54, 1.807) is 35.2 Å². The highest BCUT2D eigenvalue weighted by Gasteiger charge is 2.27. The molecular weight excluding hydrogens is 384 g/mol. The number of carboxylic acids is 1. The molecule has 1 atom stereocenters. The lowest BCUT2D eigenvalue weighted by Crippen LogP contribution is -2.43. The zero-order valence-corrected chi connectivity index (χ0v) is 16.9. The summed E-state index contributed by atoms with van der Waals surface area (Å²) in [6.45, 7) is 1.30. The predicted molar refractivity (Wildman–Crippen MR) is 104 cm³/mol. The van der Waals surface area contributed by atoms with E-state index in [4.69, 9.17) is 4.74 Å². The van der Waals surface area contributed by atoms with Crippen molar-refractivity contribution in [1.82, 2.24) is 9.62 Å². The van der Waals surface area contributed by atoms with Crippen molar-refractivity contribution in [2.24, 2.45) is 5.92 Å². The highest BCUT2D eigenvalue weighted by molar-refractivity contribution is 7.88. The van der Waals surface area contributed by atoms with Crippen LogP contribution in [0.2, 0.25) is 0 Å². The fourth-order valence-corrected chi connectivity index (χ4v) is 4.74. The molecule has 0 aliphatic carbocycles. The first-order valence-electron chi connectivity index (χ1n) is 9.34. The fraction of sp³-hybridized carbons (Fsp3) is 0.579. The largest absolute Gasteiger partial charge is 0.480 e. The number of hydrogen-bond acceptors (Lipinski definition) is 5. The summed E-state index contributed by atoms with van der Waals surface area (Å²) in [5.41, 5.74) is 0.604. The lowest BCUT2D eigenvalue weighted by molar-refractivity contribution is -0.139. The predicted octanol–water partition coefficient (Wildman–Crippen LogP) is 1.22. The van der Waals surface area contributed by atoms with Crippen LogP contribution >= 0.6 is 0 Å². The SMILES string of the molecule is COCC(=O)N1CCC(CCC(NS(=O)(=O)Cc2ccccc2)C(=O)O)CC1. The summed E-state index contributed by atoms with van der Waals surface area (Å²) in [7, 11) is -2.27. The van der Waals surface area contributed by atoms with E-state index >= 15 is 0 Å². The molecular formula is C19H28N2O6S. The minimum atomic E-state index is -3.76. The van der Waals surface area contributed by atoms with Gasteiger partial charge >= 0.3 is 5.97 Å². The molecule has 1 aliphatic heterocycles. The average molecular weight is 413 g/mol. The maximum atomic E-state index is 12.3. The summed E-state index contributed by atoms with van der Waals surface area (Å²) in [6, 6.07) is 7.49. The first-order valence-corrected chi connectivity index (χ1v) is 11.0. The summed E-state index contributed by atoms with van der Waals surface area (Å²) in [6.07, 6.45) is 2.37. The Kier molecular flexibility index (Phi) is 8.40. The van der Waals surface area contributed by atoms with Crippen LogP contribution in [0.4, 0.5) is 0 Å². The monoisotopic (exact) mass is 412 g/mol. The van der Waals surface area contributed by atoms with Crippen molar-refractivity contribution in [1.29, 1.82) is 0 Å². The molecule has 156 valence electrons. The summed E-state index contributed by atoms with van der Waals surface area (Å²) in [5.74, 6) is -1.20. The molecule has 1 saturated heterocycles. The van der Waals surface area contributed by atoms with Gasteiger partial charge in [-0.2, -0.15) is 0 Å². The number of nitrogens with one attached hydrogen (secondary N) is 1. The van der Waals surface area contributed by atoms with Gasteiger partial charge in [0, 0.05) is 20.2 Å². The zero-order valence-electron chi connectivity index (χ0n) is 16.0. The fourth-order valence-electron chi connectivity index (χ4n) is 3.37. The van der Waals surface area contributed by atoms with Gasteiger partial charge in [0.1, 0.15) is 12.6 Å². The molecule has 0 aromatic heterocycles. The van der Waals surface area contributed by atoms with Gasteiger partial charge in [0.2, 0.25) is 15.9 Å². The summed E-state index contributed by atoms with van der Waals surface area (Å²) in [4.78, 5) is 25.1. The van der Waals surface area contributed by atoms with Crippen LogP contribution in [0.3, 0.4) is 0 Å². The number of carbonyl (C=O) groups excluding carboxylic acids is 1. The van der Waals surface area contributed by atoms with Crippen LogP contribution < -0.4 is 4.72 Å². The van der Waals surface area contributed by atoms with Crippen molar-refractivity contribution in [2.75, 3.05) is 26.8 Å². The molecule has 0 radical (unpaired) electrons. The summed E-state index contributed by atoms with van der Waals surface area (Å²) < 4.78 is 31.8. The van der Waals surface area contributed by atoms with Crippen molar-refractivity contribution in [2.45, 2.75) is 37.5 Å². The molecule has 2 N–H and O–H groups in total. The first-order chi connectivity index (χ1) is 13.3. The molecule has 1 unspecified atom stereocenters. The van der Waals surface area contributed by atoms with Crippen LogP contribution in [0.25, 0.3) is 0 Å². The van der Waals surface area contributed by atoms with Crippen LogP contribution in [0, 0.1) is 5.92 Å². The van der Waals surface area contributed by atoms with Crippen molar-refractivity contribution in [3.63, 3.8) is 0 Å². The highest BCUT2D eigenvalue weighted by Crippen LogP contribution is 2.23. The Bertz CT molecular complexity index is 745. The van der Waals surface area contributed by atoms with Gasteiger partial charge in [-0.15, -0.1) is 0 Å². The molecule has 28 heavy (non-hydrogen) atoms. The van der Waals surface area contributed by atoms with Crippen molar-refractivity contribution in [3.8, 4) is 0 Å². The Morgan fingerprint density at radius 1 is 1.25 bits per heavy atom. The highest BCUT2D eigenvalue weighted by atomic mass is 32.2. The van der Waals surface area contributed by atoms with Gasteiger partial charge in [0.25, 0.3) is 0 Å². The minimum absolute atomic E-state index is 0.0435. The number of aliphatic carboxylic acids is 1. The van der Waals surface area contributed by atoms with Gasteiger partial charge in [0.05, 0.1) is 5.75 Å². The average Bonchev–Trinajstić information content (AvgIpc) is 2.66. The van der Waals surface area contributed by atoms with E-state index < -0.39 is 22.0 Å². The summed E-state index contributed by atoms with van der Waals surface area (Å²) in [5, 5.41) is 9.41. The quantitative estimate of drug-likeness (QED) is 0.598. The smallest absolute Gasteiger partial charge is 0.321 e. The Hall–Kier alpha value is -1.97. The normalized spacial score (nSPS) is 16.7. The first kappa shape index (κ1) is 22.3. The Morgan fingerprint density at radius 3 is 2.46 bits per heavy atom. The van der Waals surface area contributed by atoms with E-state index in [0.29, 0.717) is 25.1 Å². The molecule has 1 aliphatic rings. The summed E-state index contributed by atoms with van der Waals surface area (Å²) >= 11 is 0. The molecule has 0 saturated carbocycles. The third-order valence-electron chi connectivity index (χ3n) is 4.92. The molecule has 9 heteroatoms. The Balaban J connectivity index is 1.83. The molecule has 0 spiro atoms. The van der Waals surface area contributed by atoms with E-state index in [2.05, 4.69) is 4.72 Å². The van der Waals surface area contributed by atoms with Crippen molar-refractivity contribution in [3.05, 3.63) is 35.9 Å². The number of carboxylic acid groups (broad SMARTS) is 1. The maximum absolute atomic E-state index is 12.3. The van der Waals surface area contributed by atoms with Gasteiger partial charge in [0.15, 0.2) is 0 Å². The number of carbonyl (C=O) groups is 2. The Labute approximate surface area is 165 Å². The van der Waals surface area contributed by atoms with Crippen LogP contribution in [-0.4, -0.2) is 63.1 Å². The molecule has 1 fully saturated rings. The van der Waals surface area contributed by atoms with Crippen LogP contribution in [-0.2, 0) is 30.1 Å². The third kappa shape index (κ3) is 7.21. The second-order valence-corrected chi connectivity index (χ2v) is 8.84. The number of hydrogen-bond donors (Lipinski definition) is 2. The van der Waals surface area contributed by atoms with Gasteiger partial charge in [-0.05, 0) is 37.2 Å². The minimum Gasteiger partial charge on any atom is -0.480 e. The van der Waals surface area contributed by atoms with E-state index in [-0.39, 0.29) is 30.6 Å². The van der Waals surface area contributed by atoms with E-state index in [9.17, 15) is 23.1 Å². The number of ether oxygens (including phenoxy) is 1. The van der Waals surface area contributed by atoms with Crippen LogP contribution in [0.15, 0.2) is 30.3 Å². The number of rotatable bonds is 10. The number of nitrogens with zero attached hydrogens (tertiary/aromatic N) is 1. The van der Waals surface area contributed by atoms with E-state index in [1.807, 2.05) is 0 Å².